The first kappa shape index (κ1) is 15.7. The van der Waals surface area contributed by atoms with Crippen LogP contribution in [0.15, 0.2) is 0 Å². The van der Waals surface area contributed by atoms with Crippen LogP contribution in [-0.2, 0) is 14.3 Å². The highest BCUT2D eigenvalue weighted by molar-refractivity contribution is 5.82. The zero-order valence-electron chi connectivity index (χ0n) is 12.5. The molecule has 0 aromatic carbocycles. The Morgan fingerprint density at radius 2 is 2.05 bits per heavy atom. The summed E-state index contributed by atoms with van der Waals surface area (Å²) in [6, 6.07) is -0.0980. The molecule has 2 rings (SSSR count). The van der Waals surface area contributed by atoms with Gasteiger partial charge in [-0.25, -0.2) is 0 Å². The fourth-order valence-electron chi connectivity index (χ4n) is 2.97. The highest BCUT2D eigenvalue weighted by Gasteiger charge is 2.28. The number of hydrogen-bond donors (Lipinski definition) is 2. The average Bonchev–Trinajstić information content (AvgIpc) is 2.97. The molecule has 20 heavy (non-hydrogen) atoms. The Morgan fingerprint density at radius 1 is 1.25 bits per heavy atom. The smallest absolute Gasteiger partial charge is 0.237 e. The van der Waals surface area contributed by atoms with Gasteiger partial charge in [0.15, 0.2) is 0 Å². The summed E-state index contributed by atoms with van der Waals surface area (Å²) < 4.78 is 11.1. The molecule has 0 radical (unpaired) electrons. The van der Waals surface area contributed by atoms with Crippen molar-refractivity contribution in [1.82, 2.24) is 10.6 Å². The van der Waals surface area contributed by atoms with Crippen LogP contribution in [0.1, 0.15) is 44.9 Å². The van der Waals surface area contributed by atoms with Gasteiger partial charge in [-0.2, -0.15) is 0 Å². The Hall–Kier alpha value is -0.650. The van der Waals surface area contributed by atoms with E-state index in [9.17, 15) is 4.79 Å². The van der Waals surface area contributed by atoms with E-state index in [1.165, 1.54) is 32.1 Å². The van der Waals surface area contributed by atoms with E-state index in [0.29, 0.717) is 12.6 Å². The Labute approximate surface area is 121 Å². The maximum Gasteiger partial charge on any atom is 0.237 e. The van der Waals surface area contributed by atoms with E-state index in [0.717, 1.165) is 26.0 Å². The van der Waals surface area contributed by atoms with Crippen LogP contribution < -0.4 is 10.6 Å². The first-order valence-corrected chi connectivity index (χ1v) is 7.95. The third-order valence-corrected chi connectivity index (χ3v) is 4.27. The molecule has 2 N–H and O–H groups in total. The molecule has 2 fully saturated rings. The number of amides is 1. The minimum absolute atomic E-state index is 0.0854. The van der Waals surface area contributed by atoms with Gasteiger partial charge in [-0.05, 0) is 25.7 Å². The van der Waals surface area contributed by atoms with Gasteiger partial charge in [0, 0.05) is 26.8 Å². The average molecular weight is 284 g/mol. The normalized spacial score (nSPS) is 27.6. The van der Waals surface area contributed by atoms with Crippen molar-refractivity contribution in [3.8, 4) is 0 Å². The molecule has 1 amide bonds. The van der Waals surface area contributed by atoms with Crippen molar-refractivity contribution in [3.63, 3.8) is 0 Å². The SMILES string of the molecule is COC1CNC(C(=O)NCCCOC2CCCCC2)C1. The minimum Gasteiger partial charge on any atom is -0.380 e. The number of carbonyl (C=O) groups excluding carboxylic acids is 1. The van der Waals surface area contributed by atoms with Crippen LogP contribution in [-0.4, -0.2) is 51.0 Å². The second-order valence-electron chi connectivity index (χ2n) is 5.83. The zero-order chi connectivity index (χ0) is 14.2. The van der Waals surface area contributed by atoms with E-state index in [1.807, 2.05) is 0 Å². The van der Waals surface area contributed by atoms with Crippen LogP contribution in [0.5, 0.6) is 0 Å². The molecule has 0 aromatic rings. The topological polar surface area (TPSA) is 59.6 Å². The number of nitrogens with one attached hydrogen (secondary N) is 2. The summed E-state index contributed by atoms with van der Waals surface area (Å²) in [7, 11) is 1.69. The molecule has 2 unspecified atom stereocenters. The lowest BCUT2D eigenvalue weighted by Crippen LogP contribution is -2.41. The van der Waals surface area contributed by atoms with Crippen LogP contribution in [0.3, 0.4) is 0 Å². The molecule has 0 bridgehead atoms. The maximum atomic E-state index is 11.9. The maximum absolute atomic E-state index is 11.9. The summed E-state index contributed by atoms with van der Waals surface area (Å²) in [4.78, 5) is 11.9. The van der Waals surface area contributed by atoms with Crippen molar-refractivity contribution in [1.29, 1.82) is 0 Å². The summed E-state index contributed by atoms with van der Waals surface area (Å²) in [5.41, 5.74) is 0. The summed E-state index contributed by atoms with van der Waals surface area (Å²) in [6.07, 6.45) is 8.65. The molecule has 0 spiro atoms. The van der Waals surface area contributed by atoms with Crippen LogP contribution >= 0.6 is 0 Å². The largest absolute Gasteiger partial charge is 0.380 e. The van der Waals surface area contributed by atoms with Crippen molar-refractivity contribution >= 4 is 5.91 Å². The van der Waals surface area contributed by atoms with Gasteiger partial charge >= 0.3 is 0 Å². The molecule has 2 atom stereocenters. The van der Waals surface area contributed by atoms with Gasteiger partial charge in [-0.15, -0.1) is 0 Å². The highest BCUT2D eigenvalue weighted by atomic mass is 16.5. The van der Waals surface area contributed by atoms with E-state index in [1.54, 1.807) is 7.11 Å². The second kappa shape index (κ2) is 8.60. The number of rotatable bonds is 7. The fourth-order valence-corrected chi connectivity index (χ4v) is 2.97. The molecule has 1 heterocycles. The molecule has 5 nitrogen and oxygen atoms in total. The van der Waals surface area contributed by atoms with E-state index >= 15 is 0 Å². The van der Waals surface area contributed by atoms with Gasteiger partial charge in [-0.3, -0.25) is 4.79 Å². The van der Waals surface area contributed by atoms with Crippen molar-refractivity contribution in [2.45, 2.75) is 63.2 Å². The van der Waals surface area contributed by atoms with Gasteiger partial charge in [0.1, 0.15) is 0 Å². The van der Waals surface area contributed by atoms with Gasteiger partial charge in [0.05, 0.1) is 18.2 Å². The van der Waals surface area contributed by atoms with E-state index in [2.05, 4.69) is 10.6 Å². The van der Waals surface area contributed by atoms with E-state index in [4.69, 9.17) is 9.47 Å². The van der Waals surface area contributed by atoms with Crippen LogP contribution in [0.2, 0.25) is 0 Å². The Kier molecular flexibility index (Phi) is 6.76. The van der Waals surface area contributed by atoms with Gasteiger partial charge < -0.3 is 20.1 Å². The Morgan fingerprint density at radius 3 is 2.75 bits per heavy atom. The summed E-state index contributed by atoms with van der Waals surface area (Å²) in [6.45, 7) is 2.21. The van der Waals surface area contributed by atoms with Crippen molar-refractivity contribution in [2.75, 3.05) is 26.8 Å². The summed E-state index contributed by atoms with van der Waals surface area (Å²) in [5.74, 6) is 0.0854. The molecule has 116 valence electrons. The lowest BCUT2D eigenvalue weighted by molar-refractivity contribution is -0.123. The standard InChI is InChI=1S/C15H28N2O3/c1-19-13-10-14(17-11-13)15(18)16-8-5-9-20-12-6-3-2-4-7-12/h12-14,17H,2-11H2,1H3,(H,16,18). The van der Waals surface area contributed by atoms with Crippen molar-refractivity contribution in [3.05, 3.63) is 0 Å². The molecule has 5 heteroatoms. The van der Waals surface area contributed by atoms with Crippen LogP contribution in [0, 0.1) is 0 Å². The molecule has 1 aliphatic heterocycles. The van der Waals surface area contributed by atoms with E-state index in [-0.39, 0.29) is 18.1 Å². The number of ether oxygens (including phenoxy) is 2. The third kappa shape index (κ3) is 5.04. The highest BCUT2D eigenvalue weighted by Crippen LogP contribution is 2.20. The second-order valence-corrected chi connectivity index (χ2v) is 5.83. The zero-order valence-corrected chi connectivity index (χ0v) is 12.5. The molecule has 0 aromatic heterocycles. The molecule has 1 saturated heterocycles. The predicted molar refractivity (Wildman–Crippen MR) is 77.7 cm³/mol. The minimum atomic E-state index is -0.0980. The quantitative estimate of drug-likeness (QED) is 0.690. The van der Waals surface area contributed by atoms with Crippen LogP contribution in [0.4, 0.5) is 0 Å². The van der Waals surface area contributed by atoms with Gasteiger partial charge in [0.25, 0.3) is 0 Å². The molecule has 1 aliphatic carbocycles. The summed E-state index contributed by atoms with van der Waals surface area (Å²) >= 11 is 0. The Bertz CT molecular complexity index is 293. The predicted octanol–water partition coefficient (Wildman–Crippen LogP) is 1.22. The molecular formula is C15H28N2O3. The number of hydrogen-bond acceptors (Lipinski definition) is 4. The fraction of sp³-hybridized carbons (Fsp3) is 0.933. The van der Waals surface area contributed by atoms with Crippen molar-refractivity contribution < 1.29 is 14.3 Å². The third-order valence-electron chi connectivity index (χ3n) is 4.27. The Balaban J connectivity index is 1.49. The lowest BCUT2D eigenvalue weighted by atomic mass is 9.98. The number of carbonyl (C=O) groups is 1. The van der Waals surface area contributed by atoms with E-state index < -0.39 is 0 Å². The molecular weight excluding hydrogens is 256 g/mol. The molecule has 1 saturated carbocycles. The lowest BCUT2D eigenvalue weighted by Gasteiger charge is -2.22. The first-order chi connectivity index (χ1) is 9.79. The monoisotopic (exact) mass is 284 g/mol. The number of methoxy groups -OCH3 is 1. The van der Waals surface area contributed by atoms with Crippen molar-refractivity contribution in [2.24, 2.45) is 0 Å². The first-order valence-electron chi connectivity index (χ1n) is 7.95. The van der Waals surface area contributed by atoms with Gasteiger partial charge in [0.2, 0.25) is 5.91 Å². The summed E-state index contributed by atoms with van der Waals surface area (Å²) in [5, 5.41) is 6.15. The van der Waals surface area contributed by atoms with Crippen LogP contribution in [0.25, 0.3) is 0 Å². The molecule has 2 aliphatic rings. The van der Waals surface area contributed by atoms with Gasteiger partial charge in [-0.1, -0.05) is 19.3 Å².